The van der Waals surface area contributed by atoms with Gasteiger partial charge in [-0.05, 0) is 23.8 Å². The van der Waals surface area contributed by atoms with Crippen molar-refractivity contribution in [3.63, 3.8) is 0 Å². The maximum absolute atomic E-state index is 6.16. The zero-order valence-electron chi connectivity index (χ0n) is 8.53. The van der Waals surface area contributed by atoms with Crippen molar-refractivity contribution in [2.24, 2.45) is 11.5 Å². The lowest BCUT2D eigenvalue weighted by molar-refractivity contribution is 0.671. The molecule has 4 heteroatoms. The highest BCUT2D eigenvalue weighted by molar-refractivity contribution is 6.33. The standard InChI is InChI=1S/C12H12Cl2N2/c13-10-4-2-1-3-8(10)9-5-6-12(15,16)7-11(9)14/h1-7,9H,15-16H2. The molecule has 1 aliphatic rings. The molecule has 1 unspecified atom stereocenters. The second-order valence-electron chi connectivity index (χ2n) is 3.89. The molecule has 1 aromatic rings. The highest BCUT2D eigenvalue weighted by atomic mass is 35.5. The lowest BCUT2D eigenvalue weighted by Gasteiger charge is -2.25. The first-order valence-electron chi connectivity index (χ1n) is 4.89. The Morgan fingerprint density at radius 3 is 2.44 bits per heavy atom. The fraction of sp³-hybridized carbons (Fsp3) is 0.167. The van der Waals surface area contributed by atoms with Gasteiger partial charge in [-0.2, -0.15) is 0 Å². The number of nitrogens with two attached hydrogens (primary N) is 2. The van der Waals surface area contributed by atoms with E-state index in [1.807, 2.05) is 30.3 Å². The quantitative estimate of drug-likeness (QED) is 0.598. The molecule has 0 bridgehead atoms. The molecule has 2 rings (SSSR count). The van der Waals surface area contributed by atoms with Crippen molar-refractivity contribution in [3.05, 3.63) is 58.1 Å². The second-order valence-corrected chi connectivity index (χ2v) is 4.73. The predicted molar refractivity (Wildman–Crippen MR) is 68.4 cm³/mol. The fourth-order valence-corrected chi connectivity index (χ4v) is 2.34. The monoisotopic (exact) mass is 254 g/mol. The van der Waals surface area contributed by atoms with Crippen molar-refractivity contribution in [1.82, 2.24) is 0 Å². The normalized spacial score (nSPS) is 23.0. The van der Waals surface area contributed by atoms with Crippen LogP contribution in [0.1, 0.15) is 11.5 Å². The van der Waals surface area contributed by atoms with E-state index in [9.17, 15) is 0 Å². The summed E-state index contributed by atoms with van der Waals surface area (Å²) in [6, 6.07) is 7.58. The van der Waals surface area contributed by atoms with Gasteiger partial charge in [-0.3, -0.25) is 0 Å². The molecule has 0 aromatic heterocycles. The van der Waals surface area contributed by atoms with Crippen LogP contribution < -0.4 is 11.5 Å². The summed E-state index contributed by atoms with van der Waals surface area (Å²) in [5.74, 6) is -0.0596. The van der Waals surface area contributed by atoms with Crippen LogP contribution in [0, 0.1) is 0 Å². The second kappa shape index (κ2) is 4.22. The first-order valence-corrected chi connectivity index (χ1v) is 5.65. The Bertz CT molecular complexity index is 464. The summed E-state index contributed by atoms with van der Waals surface area (Å²) in [6.07, 6.45) is 5.25. The molecule has 1 atom stereocenters. The van der Waals surface area contributed by atoms with Crippen LogP contribution in [0.4, 0.5) is 0 Å². The van der Waals surface area contributed by atoms with Gasteiger partial charge in [0.15, 0.2) is 0 Å². The maximum atomic E-state index is 6.16. The topological polar surface area (TPSA) is 52.0 Å². The summed E-state index contributed by atoms with van der Waals surface area (Å²) in [6.45, 7) is 0. The zero-order chi connectivity index (χ0) is 11.8. The number of hydrogen-bond acceptors (Lipinski definition) is 2. The lowest BCUT2D eigenvalue weighted by Crippen LogP contribution is -2.46. The number of allylic oxidation sites excluding steroid dienone is 2. The van der Waals surface area contributed by atoms with E-state index in [1.165, 1.54) is 0 Å². The Morgan fingerprint density at radius 1 is 1.12 bits per heavy atom. The molecule has 84 valence electrons. The first-order chi connectivity index (χ1) is 7.49. The van der Waals surface area contributed by atoms with Gasteiger partial charge in [0, 0.05) is 16.0 Å². The van der Waals surface area contributed by atoms with Crippen LogP contribution >= 0.6 is 23.2 Å². The zero-order valence-corrected chi connectivity index (χ0v) is 10.0. The van der Waals surface area contributed by atoms with Crippen molar-refractivity contribution >= 4 is 23.2 Å². The Balaban J connectivity index is 2.39. The van der Waals surface area contributed by atoms with Gasteiger partial charge in [0.25, 0.3) is 0 Å². The van der Waals surface area contributed by atoms with Crippen molar-refractivity contribution in [1.29, 1.82) is 0 Å². The molecule has 16 heavy (non-hydrogen) atoms. The van der Waals surface area contributed by atoms with Crippen molar-refractivity contribution in [2.75, 3.05) is 0 Å². The molecule has 0 radical (unpaired) electrons. The van der Waals surface area contributed by atoms with E-state index in [-0.39, 0.29) is 5.92 Å². The molecule has 0 spiro atoms. The molecule has 0 amide bonds. The van der Waals surface area contributed by atoms with Crippen molar-refractivity contribution < 1.29 is 0 Å². The molecule has 0 aliphatic heterocycles. The van der Waals surface area contributed by atoms with Crippen molar-refractivity contribution in [3.8, 4) is 0 Å². The highest BCUT2D eigenvalue weighted by Crippen LogP contribution is 2.36. The Labute approximate surface area is 105 Å². The van der Waals surface area contributed by atoms with E-state index in [0.717, 1.165) is 5.56 Å². The Kier molecular flexibility index (Phi) is 3.08. The Hall–Kier alpha value is -0.800. The van der Waals surface area contributed by atoms with Crippen LogP contribution in [-0.4, -0.2) is 5.66 Å². The predicted octanol–water partition coefficient (Wildman–Crippen LogP) is 2.73. The van der Waals surface area contributed by atoms with E-state index in [4.69, 9.17) is 34.7 Å². The van der Waals surface area contributed by atoms with Crippen molar-refractivity contribution in [2.45, 2.75) is 11.6 Å². The van der Waals surface area contributed by atoms with Gasteiger partial charge >= 0.3 is 0 Å². The summed E-state index contributed by atoms with van der Waals surface area (Å²) in [7, 11) is 0. The molecule has 0 fully saturated rings. The van der Waals surface area contributed by atoms with Crippen LogP contribution in [0.2, 0.25) is 5.02 Å². The van der Waals surface area contributed by atoms with E-state index >= 15 is 0 Å². The average molecular weight is 255 g/mol. The third-order valence-electron chi connectivity index (χ3n) is 2.50. The molecular weight excluding hydrogens is 243 g/mol. The average Bonchev–Trinajstić information content (AvgIpc) is 2.18. The minimum atomic E-state index is -0.963. The number of rotatable bonds is 1. The smallest absolute Gasteiger partial charge is 0.104 e. The molecule has 2 nitrogen and oxygen atoms in total. The summed E-state index contributed by atoms with van der Waals surface area (Å²) in [4.78, 5) is 0. The molecule has 0 saturated heterocycles. The Morgan fingerprint density at radius 2 is 1.81 bits per heavy atom. The summed E-state index contributed by atoms with van der Waals surface area (Å²) in [5.41, 5.74) is 11.5. The minimum absolute atomic E-state index is 0.0596. The third-order valence-corrected chi connectivity index (χ3v) is 3.19. The highest BCUT2D eigenvalue weighted by Gasteiger charge is 2.24. The lowest BCUT2D eigenvalue weighted by atomic mass is 9.91. The van der Waals surface area contributed by atoms with E-state index < -0.39 is 5.66 Å². The SMILES string of the molecule is NC1(N)C=CC(c2ccccc2Cl)C(Cl)=C1. The van der Waals surface area contributed by atoms with Gasteiger partial charge in [0.1, 0.15) is 5.66 Å². The molecule has 0 heterocycles. The van der Waals surface area contributed by atoms with Crippen LogP contribution in [0.3, 0.4) is 0 Å². The summed E-state index contributed by atoms with van der Waals surface area (Å²) in [5, 5.41) is 1.28. The van der Waals surface area contributed by atoms with Crippen LogP contribution in [0.15, 0.2) is 47.5 Å². The maximum Gasteiger partial charge on any atom is 0.104 e. The summed E-state index contributed by atoms with van der Waals surface area (Å²) < 4.78 is 0. The number of hydrogen-bond donors (Lipinski definition) is 2. The molecule has 1 aliphatic carbocycles. The first kappa shape index (κ1) is 11.7. The largest absolute Gasteiger partial charge is 0.307 e. The molecule has 1 aromatic carbocycles. The van der Waals surface area contributed by atoms with Crippen LogP contribution in [0.5, 0.6) is 0 Å². The van der Waals surface area contributed by atoms with E-state index in [2.05, 4.69) is 0 Å². The third kappa shape index (κ3) is 2.30. The molecule has 0 saturated carbocycles. The number of halogens is 2. The summed E-state index contributed by atoms with van der Waals surface area (Å²) >= 11 is 12.3. The fourth-order valence-electron chi connectivity index (χ4n) is 1.71. The van der Waals surface area contributed by atoms with Gasteiger partial charge in [0.2, 0.25) is 0 Å². The van der Waals surface area contributed by atoms with Gasteiger partial charge in [-0.1, -0.05) is 47.5 Å². The van der Waals surface area contributed by atoms with Crippen LogP contribution in [-0.2, 0) is 0 Å². The van der Waals surface area contributed by atoms with Gasteiger partial charge < -0.3 is 11.5 Å². The van der Waals surface area contributed by atoms with Crippen LogP contribution in [0.25, 0.3) is 0 Å². The van der Waals surface area contributed by atoms with E-state index in [1.54, 1.807) is 12.2 Å². The van der Waals surface area contributed by atoms with E-state index in [0.29, 0.717) is 10.1 Å². The van der Waals surface area contributed by atoms with Gasteiger partial charge in [0.05, 0.1) is 0 Å². The molecular formula is C12H12Cl2N2. The number of benzene rings is 1. The minimum Gasteiger partial charge on any atom is -0.307 e. The van der Waals surface area contributed by atoms with Gasteiger partial charge in [-0.25, -0.2) is 0 Å². The molecule has 4 N–H and O–H groups in total. The van der Waals surface area contributed by atoms with Gasteiger partial charge in [-0.15, -0.1) is 0 Å².